The van der Waals surface area contributed by atoms with Gasteiger partial charge in [0, 0.05) is 55.9 Å². The lowest BCUT2D eigenvalue weighted by Gasteiger charge is -2.36. The number of benzene rings is 1. The fraction of sp³-hybridized carbons (Fsp3) is 0.462. The van der Waals surface area contributed by atoms with Crippen LogP contribution in [0.1, 0.15) is 28.6 Å². The Balaban J connectivity index is 1.48. The summed E-state index contributed by atoms with van der Waals surface area (Å²) in [4.78, 5) is 23.9. The van der Waals surface area contributed by atoms with Crippen LogP contribution in [0.5, 0.6) is 0 Å². The van der Waals surface area contributed by atoms with E-state index < -0.39 is 16.9 Å². The summed E-state index contributed by atoms with van der Waals surface area (Å²) in [5.74, 6) is 0.107. The van der Waals surface area contributed by atoms with Gasteiger partial charge in [0.15, 0.2) is 5.69 Å². The Morgan fingerprint density at radius 2 is 2.00 bits per heavy atom. The molecule has 38 heavy (non-hydrogen) atoms. The second-order valence-electron chi connectivity index (χ2n) is 9.76. The number of aryl methyl sites for hydroxylation is 1. The Labute approximate surface area is 224 Å². The minimum absolute atomic E-state index is 0.107. The molecule has 0 saturated carbocycles. The molecular formula is C26H33ClF3N7O. The van der Waals surface area contributed by atoms with Crippen molar-refractivity contribution in [3.05, 3.63) is 57.9 Å². The summed E-state index contributed by atoms with van der Waals surface area (Å²) >= 11 is 5.69. The molecule has 0 bridgehead atoms. The number of carbonyl (C=O) groups excluding carboxylic acids is 1. The van der Waals surface area contributed by atoms with Gasteiger partial charge in [-0.2, -0.15) is 13.2 Å². The van der Waals surface area contributed by atoms with Gasteiger partial charge in [0.2, 0.25) is 0 Å². The van der Waals surface area contributed by atoms with Gasteiger partial charge in [0.25, 0.3) is 0 Å². The van der Waals surface area contributed by atoms with Crippen molar-refractivity contribution >= 4 is 34.4 Å². The van der Waals surface area contributed by atoms with Crippen LogP contribution in [-0.4, -0.2) is 79.2 Å². The molecule has 1 unspecified atom stereocenters. The number of nitrogens with zero attached hydrogens (tertiary/aromatic N) is 3. The average Bonchev–Trinajstić information content (AvgIpc) is 3.21. The number of hydrogen-bond acceptors (Lipinski definition) is 5. The summed E-state index contributed by atoms with van der Waals surface area (Å²) in [7, 11) is 3.88. The highest BCUT2D eigenvalue weighted by molar-refractivity contribution is 6.31. The fourth-order valence-corrected chi connectivity index (χ4v) is 4.95. The zero-order valence-corrected chi connectivity index (χ0v) is 22.4. The molecule has 0 spiro atoms. The van der Waals surface area contributed by atoms with Gasteiger partial charge in [-0.1, -0.05) is 23.2 Å². The zero-order valence-electron chi connectivity index (χ0n) is 21.7. The molecule has 3 heterocycles. The first-order valence-electron chi connectivity index (χ1n) is 12.5. The minimum atomic E-state index is -4.63. The first kappa shape index (κ1) is 28.0. The van der Waals surface area contributed by atoms with Crippen LogP contribution in [0.15, 0.2) is 30.3 Å². The number of alkyl halides is 3. The molecule has 2 amide bonds. The quantitative estimate of drug-likeness (QED) is 0.316. The van der Waals surface area contributed by atoms with Gasteiger partial charge in [-0.15, -0.1) is 0 Å². The normalized spacial score (nSPS) is 16.1. The SMILES string of the molecule is Cc1ccc2[nH]c3c(c2c1)CCN(CCNc1ccc(Cl)c(C(F)(F)F)n1)C3CNC(=O)NCCN(C)C. The van der Waals surface area contributed by atoms with E-state index in [4.69, 9.17) is 11.6 Å². The van der Waals surface area contributed by atoms with Crippen LogP contribution in [-0.2, 0) is 12.6 Å². The predicted octanol–water partition coefficient (Wildman–Crippen LogP) is 4.42. The number of carbonyl (C=O) groups is 1. The van der Waals surface area contributed by atoms with E-state index in [0.717, 1.165) is 30.7 Å². The molecule has 4 rings (SSSR count). The molecule has 0 saturated heterocycles. The van der Waals surface area contributed by atoms with E-state index in [0.29, 0.717) is 26.2 Å². The maximum Gasteiger partial charge on any atom is 0.434 e. The molecule has 0 fully saturated rings. The van der Waals surface area contributed by atoms with Gasteiger partial charge < -0.3 is 25.8 Å². The number of pyridine rings is 1. The standard InChI is InChI=1S/C26H33ClF3N7O/c1-16-4-6-20-18(14-16)17-8-11-37(13-10-31-22-7-5-19(27)24(35-22)26(28,29)30)21(23(17)34-20)15-33-25(38)32-9-12-36(2)3/h4-7,14,21,34H,8-13,15H2,1-3H3,(H,31,35)(H2,32,33,38). The summed E-state index contributed by atoms with van der Waals surface area (Å²) in [5.41, 5.74) is 3.40. The summed E-state index contributed by atoms with van der Waals surface area (Å²) in [6, 6.07) is 8.56. The molecule has 4 N–H and O–H groups in total. The van der Waals surface area contributed by atoms with E-state index in [-0.39, 0.29) is 17.9 Å². The highest BCUT2D eigenvalue weighted by Gasteiger charge is 2.35. The van der Waals surface area contributed by atoms with Gasteiger partial charge >= 0.3 is 12.2 Å². The lowest BCUT2D eigenvalue weighted by Crippen LogP contribution is -2.46. The summed E-state index contributed by atoms with van der Waals surface area (Å²) in [6.07, 6.45) is -3.81. The molecule has 1 aliphatic rings. The van der Waals surface area contributed by atoms with Gasteiger partial charge in [0.05, 0.1) is 11.1 Å². The third-order valence-electron chi connectivity index (χ3n) is 6.64. The molecule has 1 aromatic carbocycles. The number of amides is 2. The smallest absolute Gasteiger partial charge is 0.369 e. The number of aromatic nitrogens is 2. The summed E-state index contributed by atoms with van der Waals surface area (Å²) in [5, 5.41) is 9.59. The number of rotatable bonds is 9. The predicted molar refractivity (Wildman–Crippen MR) is 144 cm³/mol. The second kappa shape index (κ2) is 11.8. The van der Waals surface area contributed by atoms with E-state index in [1.807, 2.05) is 19.0 Å². The highest BCUT2D eigenvalue weighted by Crippen LogP contribution is 2.35. The monoisotopic (exact) mass is 551 g/mol. The van der Waals surface area contributed by atoms with Crippen molar-refractivity contribution in [2.45, 2.75) is 25.6 Å². The lowest BCUT2D eigenvalue weighted by atomic mass is 9.96. The van der Waals surface area contributed by atoms with Crippen LogP contribution in [0, 0.1) is 6.92 Å². The number of halogens is 4. The topological polar surface area (TPSA) is 88.3 Å². The third kappa shape index (κ3) is 6.69. The molecule has 3 aromatic rings. The second-order valence-corrected chi connectivity index (χ2v) is 10.2. The molecule has 2 aromatic heterocycles. The van der Waals surface area contributed by atoms with Crippen LogP contribution < -0.4 is 16.0 Å². The maximum atomic E-state index is 13.2. The van der Waals surface area contributed by atoms with Gasteiger partial charge in [-0.3, -0.25) is 4.90 Å². The van der Waals surface area contributed by atoms with Gasteiger partial charge in [0.1, 0.15) is 5.82 Å². The molecular weight excluding hydrogens is 519 g/mol. The molecule has 1 aliphatic heterocycles. The summed E-state index contributed by atoms with van der Waals surface area (Å²) < 4.78 is 39.6. The van der Waals surface area contributed by atoms with Crippen molar-refractivity contribution in [2.24, 2.45) is 0 Å². The van der Waals surface area contributed by atoms with Gasteiger partial charge in [-0.25, -0.2) is 9.78 Å². The highest BCUT2D eigenvalue weighted by atomic mass is 35.5. The maximum absolute atomic E-state index is 13.2. The number of fused-ring (bicyclic) bond motifs is 3. The van der Waals surface area contributed by atoms with E-state index in [1.54, 1.807) is 0 Å². The molecule has 8 nitrogen and oxygen atoms in total. The molecule has 0 radical (unpaired) electrons. The van der Waals surface area contributed by atoms with Crippen LogP contribution in [0.3, 0.4) is 0 Å². The lowest BCUT2D eigenvalue weighted by molar-refractivity contribution is -0.141. The summed E-state index contributed by atoms with van der Waals surface area (Å²) in [6.45, 7) is 5.35. The molecule has 0 aliphatic carbocycles. The van der Waals surface area contributed by atoms with E-state index >= 15 is 0 Å². The molecule has 206 valence electrons. The van der Waals surface area contributed by atoms with Crippen molar-refractivity contribution < 1.29 is 18.0 Å². The van der Waals surface area contributed by atoms with E-state index in [9.17, 15) is 18.0 Å². The number of likely N-dealkylation sites (N-methyl/N-ethyl adjacent to an activating group) is 1. The number of hydrogen-bond donors (Lipinski definition) is 4. The Hall–Kier alpha value is -3.02. The number of anilines is 1. The van der Waals surface area contributed by atoms with E-state index in [2.05, 4.69) is 55.9 Å². The molecule has 1 atom stereocenters. The number of aromatic amines is 1. The van der Waals surface area contributed by atoms with Crippen molar-refractivity contribution in [1.29, 1.82) is 0 Å². The fourth-order valence-electron chi connectivity index (χ4n) is 4.74. The Morgan fingerprint density at radius 1 is 1.21 bits per heavy atom. The third-order valence-corrected chi connectivity index (χ3v) is 6.94. The Morgan fingerprint density at radius 3 is 2.74 bits per heavy atom. The first-order valence-corrected chi connectivity index (χ1v) is 12.9. The number of H-pyrrole nitrogens is 1. The Kier molecular flexibility index (Phi) is 8.69. The van der Waals surface area contributed by atoms with Crippen molar-refractivity contribution in [1.82, 2.24) is 30.4 Å². The van der Waals surface area contributed by atoms with Crippen molar-refractivity contribution in [3.63, 3.8) is 0 Å². The largest absolute Gasteiger partial charge is 0.434 e. The van der Waals surface area contributed by atoms with Crippen molar-refractivity contribution in [2.75, 3.05) is 58.7 Å². The van der Waals surface area contributed by atoms with Crippen LogP contribution in [0.2, 0.25) is 5.02 Å². The van der Waals surface area contributed by atoms with E-state index in [1.165, 1.54) is 28.6 Å². The first-order chi connectivity index (χ1) is 18.0. The number of urea groups is 1. The van der Waals surface area contributed by atoms with Crippen LogP contribution in [0.25, 0.3) is 10.9 Å². The Bertz CT molecular complexity index is 1280. The number of nitrogens with one attached hydrogen (secondary N) is 4. The van der Waals surface area contributed by atoms with Crippen LogP contribution in [0.4, 0.5) is 23.8 Å². The minimum Gasteiger partial charge on any atom is -0.369 e. The zero-order chi connectivity index (χ0) is 27.4. The van der Waals surface area contributed by atoms with Crippen LogP contribution >= 0.6 is 11.6 Å². The average molecular weight is 552 g/mol. The molecule has 12 heteroatoms. The van der Waals surface area contributed by atoms with Gasteiger partial charge in [-0.05, 0) is 57.3 Å². The van der Waals surface area contributed by atoms with Crippen molar-refractivity contribution in [3.8, 4) is 0 Å².